The molecule has 15 heavy (non-hydrogen) atoms. The highest BCUT2D eigenvalue weighted by molar-refractivity contribution is 5.55. The maximum Gasteiger partial charge on any atom is 0.264 e. The summed E-state index contributed by atoms with van der Waals surface area (Å²) >= 11 is 0. The van der Waals surface area contributed by atoms with Crippen molar-refractivity contribution in [2.24, 2.45) is 5.73 Å². The van der Waals surface area contributed by atoms with E-state index < -0.39 is 0 Å². The average Bonchev–Trinajstić information content (AvgIpc) is 2.68. The largest absolute Gasteiger partial charge is 0.329 e. The van der Waals surface area contributed by atoms with Crippen molar-refractivity contribution in [3.05, 3.63) is 34.9 Å². The number of hydrogen-bond acceptors (Lipinski definition) is 4. The molecule has 0 aliphatic heterocycles. The molecule has 0 aliphatic carbocycles. The Morgan fingerprint density at radius 2 is 2.33 bits per heavy atom. The molecule has 2 rings (SSSR count). The molecule has 78 valence electrons. The molecule has 0 saturated heterocycles. The first-order chi connectivity index (χ1) is 7.29. The van der Waals surface area contributed by atoms with Crippen molar-refractivity contribution in [1.29, 1.82) is 0 Å². The van der Waals surface area contributed by atoms with Gasteiger partial charge in [-0.25, -0.2) is 5.10 Å². The third-order valence-electron chi connectivity index (χ3n) is 1.97. The van der Waals surface area contributed by atoms with Gasteiger partial charge in [-0.05, 0) is 6.07 Å². The minimum absolute atomic E-state index is 0.215. The second-order valence-corrected chi connectivity index (χ2v) is 3.09. The first-order valence-electron chi connectivity index (χ1n) is 4.58. The second-order valence-electron chi connectivity index (χ2n) is 3.09. The lowest BCUT2D eigenvalue weighted by molar-refractivity contribution is 0.625. The molecule has 0 aliphatic rings. The van der Waals surface area contributed by atoms with Crippen molar-refractivity contribution >= 4 is 0 Å². The maximum atomic E-state index is 10.8. The van der Waals surface area contributed by atoms with Crippen molar-refractivity contribution in [2.75, 3.05) is 6.54 Å². The Morgan fingerprint density at radius 3 is 3.00 bits per heavy atom. The van der Waals surface area contributed by atoms with Crippen LogP contribution in [0.1, 0.15) is 0 Å². The highest BCUT2D eigenvalue weighted by atomic mass is 16.1. The van der Waals surface area contributed by atoms with Gasteiger partial charge in [0.05, 0.1) is 18.4 Å². The van der Waals surface area contributed by atoms with E-state index in [1.165, 1.54) is 6.07 Å². The van der Waals surface area contributed by atoms with Gasteiger partial charge in [-0.3, -0.25) is 9.48 Å². The van der Waals surface area contributed by atoms with Gasteiger partial charge in [-0.2, -0.15) is 10.2 Å². The molecule has 0 atom stereocenters. The van der Waals surface area contributed by atoms with Gasteiger partial charge in [0.1, 0.15) is 0 Å². The molecule has 0 radical (unpaired) electrons. The fourth-order valence-corrected chi connectivity index (χ4v) is 1.26. The molecule has 6 nitrogen and oxygen atoms in total. The van der Waals surface area contributed by atoms with E-state index in [0.29, 0.717) is 18.8 Å². The van der Waals surface area contributed by atoms with Crippen LogP contribution in [0.2, 0.25) is 0 Å². The molecule has 3 N–H and O–H groups in total. The number of aromatic amines is 1. The molecule has 2 aromatic heterocycles. The highest BCUT2D eigenvalue weighted by Crippen LogP contribution is 2.12. The Hall–Kier alpha value is -1.95. The van der Waals surface area contributed by atoms with Gasteiger partial charge in [-0.1, -0.05) is 0 Å². The Bertz CT molecular complexity index is 481. The summed E-state index contributed by atoms with van der Waals surface area (Å²) in [5, 5.41) is 10.4. The standard InChI is InChI=1S/C9H11N5O/c10-3-4-14-6-7(5-11-14)8-1-2-9(15)13-12-8/h1-2,5-6H,3-4,10H2,(H,13,15). The van der Waals surface area contributed by atoms with E-state index in [2.05, 4.69) is 15.3 Å². The lowest BCUT2D eigenvalue weighted by Gasteiger charge is -1.95. The summed E-state index contributed by atoms with van der Waals surface area (Å²) < 4.78 is 1.74. The van der Waals surface area contributed by atoms with E-state index in [4.69, 9.17) is 5.73 Å². The molecule has 2 aromatic rings. The van der Waals surface area contributed by atoms with Crippen LogP contribution in [0.5, 0.6) is 0 Å². The first kappa shape index (κ1) is 9.60. The fourth-order valence-electron chi connectivity index (χ4n) is 1.26. The smallest absolute Gasteiger partial charge is 0.264 e. The van der Waals surface area contributed by atoms with Crippen LogP contribution in [0.3, 0.4) is 0 Å². The summed E-state index contributed by atoms with van der Waals surface area (Å²) in [4.78, 5) is 10.8. The number of hydrogen-bond donors (Lipinski definition) is 2. The summed E-state index contributed by atoms with van der Waals surface area (Å²) in [6, 6.07) is 3.09. The Labute approximate surface area is 85.7 Å². The molecule has 0 unspecified atom stereocenters. The lowest BCUT2D eigenvalue weighted by atomic mass is 10.2. The molecule has 0 saturated carbocycles. The number of aromatic nitrogens is 4. The molecular weight excluding hydrogens is 194 g/mol. The lowest BCUT2D eigenvalue weighted by Crippen LogP contribution is -2.09. The van der Waals surface area contributed by atoms with Crippen LogP contribution >= 0.6 is 0 Å². The highest BCUT2D eigenvalue weighted by Gasteiger charge is 2.02. The van der Waals surface area contributed by atoms with Crippen molar-refractivity contribution < 1.29 is 0 Å². The van der Waals surface area contributed by atoms with E-state index in [9.17, 15) is 4.79 Å². The van der Waals surface area contributed by atoms with E-state index in [0.717, 1.165) is 5.56 Å². The van der Waals surface area contributed by atoms with Crippen LogP contribution in [0.25, 0.3) is 11.3 Å². The number of nitrogens with one attached hydrogen (secondary N) is 1. The van der Waals surface area contributed by atoms with Crippen LogP contribution in [-0.4, -0.2) is 26.5 Å². The van der Waals surface area contributed by atoms with Crippen LogP contribution in [0.15, 0.2) is 29.3 Å². The van der Waals surface area contributed by atoms with Crippen LogP contribution in [0.4, 0.5) is 0 Å². The van der Waals surface area contributed by atoms with Gasteiger partial charge in [0.25, 0.3) is 5.56 Å². The quantitative estimate of drug-likeness (QED) is 0.713. The van der Waals surface area contributed by atoms with Crippen LogP contribution in [-0.2, 0) is 6.54 Å². The Kier molecular flexibility index (Phi) is 2.59. The van der Waals surface area contributed by atoms with Crippen molar-refractivity contribution in [2.45, 2.75) is 6.54 Å². The average molecular weight is 205 g/mol. The van der Waals surface area contributed by atoms with Crippen molar-refractivity contribution in [3.8, 4) is 11.3 Å². The molecular formula is C9H11N5O. The van der Waals surface area contributed by atoms with Gasteiger partial charge in [0.15, 0.2) is 0 Å². The fraction of sp³-hybridized carbons (Fsp3) is 0.222. The maximum absolute atomic E-state index is 10.8. The molecule has 0 fully saturated rings. The SMILES string of the molecule is NCCn1cc(-c2ccc(=O)[nH]n2)cn1. The topological polar surface area (TPSA) is 89.6 Å². The number of H-pyrrole nitrogens is 1. The second kappa shape index (κ2) is 4.05. The number of nitrogens with zero attached hydrogens (tertiary/aromatic N) is 3. The van der Waals surface area contributed by atoms with E-state index >= 15 is 0 Å². The van der Waals surface area contributed by atoms with E-state index in [1.54, 1.807) is 16.9 Å². The predicted octanol–water partition coefficient (Wildman–Crippen LogP) is -0.408. The van der Waals surface area contributed by atoms with Gasteiger partial charge >= 0.3 is 0 Å². The van der Waals surface area contributed by atoms with Crippen LogP contribution < -0.4 is 11.3 Å². The molecule has 0 amide bonds. The minimum Gasteiger partial charge on any atom is -0.329 e. The summed E-state index contributed by atoms with van der Waals surface area (Å²) in [5.74, 6) is 0. The Balaban J connectivity index is 2.29. The number of nitrogens with two attached hydrogens (primary N) is 1. The summed E-state index contributed by atoms with van der Waals surface area (Å²) in [6.07, 6.45) is 3.53. The van der Waals surface area contributed by atoms with Crippen molar-refractivity contribution in [1.82, 2.24) is 20.0 Å². The van der Waals surface area contributed by atoms with Crippen LogP contribution in [0, 0.1) is 0 Å². The summed E-state index contributed by atoms with van der Waals surface area (Å²) in [7, 11) is 0. The zero-order chi connectivity index (χ0) is 10.7. The normalized spacial score (nSPS) is 10.5. The van der Waals surface area contributed by atoms with E-state index in [-0.39, 0.29) is 5.56 Å². The zero-order valence-corrected chi connectivity index (χ0v) is 8.05. The van der Waals surface area contributed by atoms with Gasteiger partial charge < -0.3 is 5.73 Å². The minimum atomic E-state index is -0.215. The van der Waals surface area contributed by atoms with Gasteiger partial charge in [-0.15, -0.1) is 0 Å². The van der Waals surface area contributed by atoms with Crippen molar-refractivity contribution in [3.63, 3.8) is 0 Å². The molecule has 0 bridgehead atoms. The third kappa shape index (κ3) is 2.10. The number of rotatable bonds is 3. The third-order valence-corrected chi connectivity index (χ3v) is 1.97. The predicted molar refractivity (Wildman–Crippen MR) is 55.1 cm³/mol. The molecule has 6 heteroatoms. The molecule has 0 spiro atoms. The summed E-state index contributed by atoms with van der Waals surface area (Å²) in [5.41, 5.74) is 6.74. The van der Waals surface area contributed by atoms with E-state index in [1.807, 2.05) is 6.20 Å². The Morgan fingerprint density at radius 1 is 1.47 bits per heavy atom. The monoisotopic (exact) mass is 205 g/mol. The summed E-state index contributed by atoms with van der Waals surface area (Å²) in [6.45, 7) is 1.21. The molecule has 2 heterocycles. The van der Waals surface area contributed by atoms with Gasteiger partial charge in [0, 0.05) is 24.4 Å². The van der Waals surface area contributed by atoms with Gasteiger partial charge in [0.2, 0.25) is 0 Å². The zero-order valence-electron chi connectivity index (χ0n) is 8.05. The first-order valence-corrected chi connectivity index (χ1v) is 4.58. The molecule has 0 aromatic carbocycles.